The number of alkyl carbamates (subject to hydrolysis) is 1. The van der Waals surface area contributed by atoms with Crippen LogP contribution in [-0.4, -0.2) is 38.0 Å². The lowest BCUT2D eigenvalue weighted by Crippen LogP contribution is -2.31. The van der Waals surface area contributed by atoms with Gasteiger partial charge in [-0.05, 0) is 37.3 Å². The molecule has 2 aromatic carbocycles. The third-order valence-corrected chi connectivity index (χ3v) is 3.68. The molecule has 0 saturated carbocycles. The second-order valence-electron chi connectivity index (χ2n) is 5.89. The van der Waals surface area contributed by atoms with Crippen LogP contribution in [0.25, 0.3) is 0 Å². The van der Waals surface area contributed by atoms with Crippen molar-refractivity contribution in [1.29, 1.82) is 0 Å². The number of anilines is 2. The van der Waals surface area contributed by atoms with Gasteiger partial charge in [-0.2, -0.15) is 13.2 Å². The van der Waals surface area contributed by atoms with E-state index in [0.717, 1.165) is 12.1 Å². The summed E-state index contributed by atoms with van der Waals surface area (Å²) < 4.78 is 52.7. The number of ether oxygens (including phenoxy) is 3. The average molecular weight is 440 g/mol. The zero-order chi connectivity index (χ0) is 22.9. The van der Waals surface area contributed by atoms with Crippen molar-refractivity contribution in [3.63, 3.8) is 0 Å². The lowest BCUT2D eigenvalue weighted by Gasteiger charge is -2.13. The standard InChI is InChI=1S/C20H19F3N2O6/c1-2-29-17(26)11-24-19(28)31-12-30-18(27)15-8-3-4-9-16(15)25-14-7-5-6-13(10-14)20(21,22)23/h3-10,25H,2,11-12H2,1H3,(H,24,28). The minimum Gasteiger partial charge on any atom is -0.465 e. The van der Waals surface area contributed by atoms with Crippen molar-refractivity contribution >= 4 is 29.4 Å². The highest BCUT2D eigenvalue weighted by molar-refractivity contribution is 5.96. The Morgan fingerprint density at radius 1 is 0.968 bits per heavy atom. The minimum atomic E-state index is -4.51. The van der Waals surface area contributed by atoms with E-state index in [9.17, 15) is 27.6 Å². The van der Waals surface area contributed by atoms with Crippen molar-refractivity contribution in [3.8, 4) is 0 Å². The van der Waals surface area contributed by atoms with Gasteiger partial charge < -0.3 is 24.8 Å². The molecule has 0 spiro atoms. The lowest BCUT2D eigenvalue weighted by molar-refractivity contribution is -0.142. The molecule has 0 atom stereocenters. The van der Waals surface area contributed by atoms with Gasteiger partial charge in [-0.1, -0.05) is 18.2 Å². The Labute approximate surface area is 175 Å². The van der Waals surface area contributed by atoms with Gasteiger partial charge in [0.05, 0.1) is 23.4 Å². The molecule has 166 valence electrons. The number of amides is 1. The minimum absolute atomic E-state index is 0.00967. The number of esters is 2. The Bertz CT molecular complexity index is 933. The van der Waals surface area contributed by atoms with E-state index in [2.05, 4.69) is 20.1 Å². The van der Waals surface area contributed by atoms with Crippen LogP contribution < -0.4 is 10.6 Å². The molecule has 0 radical (unpaired) electrons. The van der Waals surface area contributed by atoms with Crippen molar-refractivity contribution in [2.75, 3.05) is 25.3 Å². The third-order valence-electron chi connectivity index (χ3n) is 3.68. The summed E-state index contributed by atoms with van der Waals surface area (Å²) in [6.45, 7) is 0.603. The molecule has 0 aromatic heterocycles. The van der Waals surface area contributed by atoms with Gasteiger partial charge in [0.25, 0.3) is 0 Å². The fourth-order valence-corrected chi connectivity index (χ4v) is 2.32. The van der Waals surface area contributed by atoms with Gasteiger partial charge in [0.2, 0.25) is 6.79 Å². The summed E-state index contributed by atoms with van der Waals surface area (Å²) in [5.74, 6) is -1.54. The molecule has 1 amide bonds. The van der Waals surface area contributed by atoms with E-state index >= 15 is 0 Å². The van der Waals surface area contributed by atoms with Gasteiger partial charge in [-0.3, -0.25) is 4.79 Å². The highest BCUT2D eigenvalue weighted by atomic mass is 19.4. The average Bonchev–Trinajstić information content (AvgIpc) is 2.72. The maximum absolute atomic E-state index is 12.9. The predicted molar refractivity (Wildman–Crippen MR) is 103 cm³/mol. The van der Waals surface area contributed by atoms with E-state index < -0.39 is 43.1 Å². The Balaban J connectivity index is 1.95. The summed E-state index contributed by atoms with van der Waals surface area (Å²) in [5, 5.41) is 4.85. The molecule has 0 aliphatic rings. The largest absolute Gasteiger partial charge is 0.465 e. The van der Waals surface area contributed by atoms with Gasteiger partial charge in [0, 0.05) is 5.69 Å². The number of para-hydroxylation sites is 1. The van der Waals surface area contributed by atoms with E-state index in [-0.39, 0.29) is 23.5 Å². The van der Waals surface area contributed by atoms with Crippen molar-refractivity contribution in [3.05, 3.63) is 59.7 Å². The van der Waals surface area contributed by atoms with Crippen LogP contribution in [0, 0.1) is 0 Å². The Hall–Kier alpha value is -3.76. The van der Waals surface area contributed by atoms with Gasteiger partial charge in [-0.25, -0.2) is 9.59 Å². The third kappa shape index (κ3) is 7.53. The van der Waals surface area contributed by atoms with Crippen molar-refractivity contribution in [2.24, 2.45) is 0 Å². The fourth-order valence-electron chi connectivity index (χ4n) is 2.32. The molecular formula is C20H19F3N2O6. The number of carbonyl (C=O) groups excluding carboxylic acids is 3. The zero-order valence-corrected chi connectivity index (χ0v) is 16.3. The SMILES string of the molecule is CCOC(=O)CNC(=O)OCOC(=O)c1ccccc1Nc1cccc(C(F)(F)F)c1. The van der Waals surface area contributed by atoms with E-state index in [1.807, 2.05) is 0 Å². The summed E-state index contributed by atoms with van der Waals surface area (Å²) in [6.07, 6.45) is -5.52. The molecule has 0 fully saturated rings. The van der Waals surface area contributed by atoms with Crippen LogP contribution in [0.1, 0.15) is 22.8 Å². The Morgan fingerprint density at radius 2 is 1.71 bits per heavy atom. The second-order valence-corrected chi connectivity index (χ2v) is 5.89. The van der Waals surface area contributed by atoms with Crippen LogP contribution in [0.2, 0.25) is 0 Å². The number of hydrogen-bond donors (Lipinski definition) is 2. The fraction of sp³-hybridized carbons (Fsp3) is 0.250. The first-order chi connectivity index (χ1) is 14.7. The first-order valence-corrected chi connectivity index (χ1v) is 8.97. The highest BCUT2D eigenvalue weighted by Gasteiger charge is 2.30. The maximum atomic E-state index is 12.9. The predicted octanol–water partition coefficient (Wildman–Crippen LogP) is 3.85. The van der Waals surface area contributed by atoms with Crippen LogP contribution in [-0.2, 0) is 25.2 Å². The molecule has 2 aromatic rings. The number of hydrogen-bond acceptors (Lipinski definition) is 7. The number of nitrogens with one attached hydrogen (secondary N) is 2. The van der Waals surface area contributed by atoms with E-state index in [0.29, 0.717) is 0 Å². The van der Waals surface area contributed by atoms with Gasteiger partial charge in [0.1, 0.15) is 6.54 Å². The first kappa shape index (κ1) is 23.5. The Morgan fingerprint density at radius 3 is 2.42 bits per heavy atom. The number of carbonyl (C=O) groups is 3. The lowest BCUT2D eigenvalue weighted by atomic mass is 10.1. The Kier molecular flexibility index (Phi) is 8.24. The number of benzene rings is 2. The molecule has 8 nitrogen and oxygen atoms in total. The van der Waals surface area contributed by atoms with Crippen molar-refractivity contribution < 1.29 is 41.8 Å². The van der Waals surface area contributed by atoms with E-state index in [4.69, 9.17) is 4.74 Å². The van der Waals surface area contributed by atoms with Crippen LogP contribution in [0.15, 0.2) is 48.5 Å². The quantitative estimate of drug-likeness (QED) is 0.475. The van der Waals surface area contributed by atoms with E-state index in [1.54, 1.807) is 13.0 Å². The molecule has 2 N–H and O–H groups in total. The summed E-state index contributed by atoms with van der Waals surface area (Å²) in [4.78, 5) is 34.9. The summed E-state index contributed by atoms with van der Waals surface area (Å²) in [6, 6.07) is 10.4. The molecule has 0 unspecified atom stereocenters. The molecule has 0 bridgehead atoms. The second kappa shape index (κ2) is 10.9. The number of rotatable bonds is 8. The maximum Gasteiger partial charge on any atom is 0.416 e. The molecule has 0 aliphatic heterocycles. The van der Waals surface area contributed by atoms with Gasteiger partial charge in [-0.15, -0.1) is 0 Å². The van der Waals surface area contributed by atoms with Crippen LogP contribution >= 0.6 is 0 Å². The van der Waals surface area contributed by atoms with E-state index in [1.165, 1.54) is 30.3 Å². The summed E-state index contributed by atoms with van der Waals surface area (Å²) in [7, 11) is 0. The van der Waals surface area contributed by atoms with Crippen molar-refractivity contribution in [2.45, 2.75) is 13.1 Å². The van der Waals surface area contributed by atoms with Crippen LogP contribution in [0.4, 0.5) is 29.3 Å². The normalized spacial score (nSPS) is 10.7. The number of alkyl halides is 3. The first-order valence-electron chi connectivity index (χ1n) is 8.97. The van der Waals surface area contributed by atoms with Crippen LogP contribution in [0.5, 0.6) is 0 Å². The monoisotopic (exact) mass is 440 g/mol. The summed E-state index contributed by atoms with van der Waals surface area (Å²) >= 11 is 0. The highest BCUT2D eigenvalue weighted by Crippen LogP contribution is 2.31. The molecule has 0 aliphatic carbocycles. The topological polar surface area (TPSA) is 103 Å². The van der Waals surface area contributed by atoms with Gasteiger partial charge >= 0.3 is 24.2 Å². The van der Waals surface area contributed by atoms with Crippen LogP contribution in [0.3, 0.4) is 0 Å². The number of halogens is 3. The molecular weight excluding hydrogens is 421 g/mol. The smallest absolute Gasteiger partial charge is 0.416 e. The van der Waals surface area contributed by atoms with Gasteiger partial charge in [0.15, 0.2) is 0 Å². The summed E-state index contributed by atoms with van der Waals surface area (Å²) in [5.41, 5.74) is -0.529. The molecule has 0 heterocycles. The molecule has 0 saturated heterocycles. The molecule has 2 rings (SSSR count). The molecule has 31 heavy (non-hydrogen) atoms. The van der Waals surface area contributed by atoms with Crippen molar-refractivity contribution in [1.82, 2.24) is 5.32 Å². The molecule has 11 heteroatoms. The zero-order valence-electron chi connectivity index (χ0n) is 16.3.